The predicted octanol–water partition coefficient (Wildman–Crippen LogP) is 2.17. The summed E-state index contributed by atoms with van der Waals surface area (Å²) in [6.45, 7) is 4.37. The minimum Gasteiger partial charge on any atom is -0.316 e. The smallest absolute Gasteiger partial charge is 0.141 e. The lowest BCUT2D eigenvalue weighted by Gasteiger charge is -2.31. The van der Waals surface area contributed by atoms with Crippen LogP contribution in [-0.4, -0.2) is 38.1 Å². The zero-order valence-corrected chi connectivity index (χ0v) is 10.8. The van der Waals surface area contributed by atoms with Gasteiger partial charge in [0.1, 0.15) is 5.82 Å². The minimum absolute atomic E-state index is 0.216. The molecule has 2 nitrogen and oxygen atoms in total. The van der Waals surface area contributed by atoms with Gasteiger partial charge in [-0.1, -0.05) is 17.7 Å². The van der Waals surface area contributed by atoms with Crippen LogP contribution in [-0.2, 0) is 6.42 Å². The lowest BCUT2D eigenvalue weighted by molar-refractivity contribution is 0.226. The normalized spacial score (nSPS) is 16.2. The van der Waals surface area contributed by atoms with Gasteiger partial charge in [-0.05, 0) is 37.1 Å². The van der Waals surface area contributed by atoms with Gasteiger partial charge in [0.2, 0.25) is 0 Å². The van der Waals surface area contributed by atoms with Crippen molar-refractivity contribution in [3.05, 3.63) is 34.6 Å². The maximum Gasteiger partial charge on any atom is 0.141 e. The number of likely N-dealkylation sites (N-methyl/N-ethyl adjacent to an activating group) is 1. The van der Waals surface area contributed by atoms with Crippen LogP contribution in [0.15, 0.2) is 18.2 Å². The number of nitrogens with zero attached hydrogens (tertiary/aromatic N) is 1. The van der Waals surface area contributed by atoms with Gasteiger partial charge in [-0.3, -0.25) is 0 Å². The summed E-state index contributed by atoms with van der Waals surface area (Å²) in [5, 5.41) is 3.48. The standard InChI is InChI=1S/C13H18ClFN2/c1-17(9-11-7-16-8-11)5-4-10-2-3-13(15)12(14)6-10/h2-3,6,11,16H,4-5,7-9H2,1H3. The van der Waals surface area contributed by atoms with Crippen molar-refractivity contribution < 1.29 is 4.39 Å². The average molecular weight is 257 g/mol. The molecule has 0 atom stereocenters. The molecule has 0 spiro atoms. The third-order valence-corrected chi connectivity index (χ3v) is 3.49. The van der Waals surface area contributed by atoms with Gasteiger partial charge in [-0.15, -0.1) is 0 Å². The number of hydrogen-bond donors (Lipinski definition) is 1. The summed E-state index contributed by atoms with van der Waals surface area (Å²) in [6, 6.07) is 4.96. The minimum atomic E-state index is -0.343. The highest BCUT2D eigenvalue weighted by molar-refractivity contribution is 6.30. The first-order valence-electron chi connectivity index (χ1n) is 5.98. The topological polar surface area (TPSA) is 15.3 Å². The molecule has 1 aliphatic heterocycles. The highest BCUT2D eigenvalue weighted by Crippen LogP contribution is 2.16. The number of halogens is 2. The highest BCUT2D eigenvalue weighted by Gasteiger charge is 2.18. The van der Waals surface area contributed by atoms with Gasteiger partial charge < -0.3 is 10.2 Å². The van der Waals surface area contributed by atoms with Crippen LogP contribution in [0.3, 0.4) is 0 Å². The fourth-order valence-corrected chi connectivity index (χ4v) is 2.23. The van der Waals surface area contributed by atoms with Crippen molar-refractivity contribution in [2.24, 2.45) is 5.92 Å². The lowest BCUT2D eigenvalue weighted by atomic mass is 10.0. The fourth-order valence-electron chi connectivity index (χ4n) is 2.02. The summed E-state index contributed by atoms with van der Waals surface area (Å²) >= 11 is 5.75. The highest BCUT2D eigenvalue weighted by atomic mass is 35.5. The Morgan fingerprint density at radius 2 is 2.24 bits per heavy atom. The van der Waals surface area contributed by atoms with Gasteiger partial charge in [0, 0.05) is 26.2 Å². The van der Waals surface area contributed by atoms with Gasteiger partial charge in [0.25, 0.3) is 0 Å². The van der Waals surface area contributed by atoms with Gasteiger partial charge >= 0.3 is 0 Å². The van der Waals surface area contributed by atoms with Gasteiger partial charge in [-0.25, -0.2) is 4.39 Å². The van der Waals surface area contributed by atoms with E-state index in [1.807, 2.05) is 0 Å². The molecule has 1 saturated heterocycles. The molecule has 1 N–H and O–H groups in total. The van der Waals surface area contributed by atoms with Crippen LogP contribution in [0.2, 0.25) is 5.02 Å². The summed E-state index contributed by atoms with van der Waals surface area (Å²) in [4.78, 5) is 2.32. The molecule has 0 unspecified atom stereocenters. The second-order valence-corrected chi connectivity index (χ2v) is 5.19. The molecule has 1 fully saturated rings. The molecule has 0 saturated carbocycles. The molecule has 0 aromatic heterocycles. The van der Waals surface area contributed by atoms with Crippen LogP contribution in [0.25, 0.3) is 0 Å². The Morgan fingerprint density at radius 1 is 1.47 bits per heavy atom. The molecule has 0 aliphatic carbocycles. The Kier molecular flexibility index (Phi) is 4.37. The molecule has 4 heteroatoms. The van der Waals surface area contributed by atoms with E-state index in [1.165, 1.54) is 6.07 Å². The summed E-state index contributed by atoms with van der Waals surface area (Å²) in [6.07, 6.45) is 0.913. The van der Waals surface area contributed by atoms with Gasteiger partial charge in [0.15, 0.2) is 0 Å². The van der Waals surface area contributed by atoms with Crippen LogP contribution in [0, 0.1) is 11.7 Å². The Hall–Kier alpha value is -0.640. The first-order valence-corrected chi connectivity index (χ1v) is 6.36. The molecule has 17 heavy (non-hydrogen) atoms. The Bertz CT molecular complexity index is 380. The Labute approximate surface area is 107 Å². The van der Waals surface area contributed by atoms with Crippen molar-refractivity contribution in [3.63, 3.8) is 0 Å². The Morgan fingerprint density at radius 3 is 2.82 bits per heavy atom. The van der Waals surface area contributed by atoms with Crippen LogP contribution < -0.4 is 5.32 Å². The maximum atomic E-state index is 13.0. The lowest BCUT2D eigenvalue weighted by Crippen LogP contribution is -2.47. The van der Waals surface area contributed by atoms with Crippen LogP contribution in [0.1, 0.15) is 5.56 Å². The van der Waals surface area contributed by atoms with E-state index >= 15 is 0 Å². The average Bonchev–Trinajstić information content (AvgIpc) is 2.25. The molecule has 0 radical (unpaired) electrons. The van der Waals surface area contributed by atoms with E-state index < -0.39 is 0 Å². The number of nitrogens with one attached hydrogen (secondary N) is 1. The third-order valence-electron chi connectivity index (χ3n) is 3.20. The quantitative estimate of drug-likeness (QED) is 0.869. The first-order chi connectivity index (χ1) is 8.15. The van der Waals surface area contributed by atoms with E-state index in [9.17, 15) is 4.39 Å². The van der Waals surface area contributed by atoms with Crippen molar-refractivity contribution in [1.82, 2.24) is 10.2 Å². The maximum absolute atomic E-state index is 13.0. The van der Waals surface area contributed by atoms with Crippen molar-refractivity contribution in [2.75, 3.05) is 33.2 Å². The molecule has 1 aromatic rings. The molecule has 1 aromatic carbocycles. The van der Waals surface area contributed by atoms with Crippen LogP contribution >= 0.6 is 11.6 Å². The molecule has 0 bridgehead atoms. The zero-order valence-electron chi connectivity index (χ0n) is 10.0. The molecule has 94 valence electrons. The summed E-state index contributed by atoms with van der Waals surface area (Å²) < 4.78 is 13.0. The molecule has 0 amide bonds. The molecular formula is C13H18ClFN2. The van der Waals surface area contributed by atoms with E-state index in [1.54, 1.807) is 12.1 Å². The summed E-state index contributed by atoms with van der Waals surface area (Å²) in [5.41, 5.74) is 1.09. The zero-order chi connectivity index (χ0) is 12.3. The molecular weight excluding hydrogens is 239 g/mol. The SMILES string of the molecule is CN(CCc1ccc(F)c(Cl)c1)CC1CNC1. The summed E-state index contributed by atoms with van der Waals surface area (Å²) in [7, 11) is 2.13. The van der Waals surface area contributed by atoms with Crippen LogP contribution in [0.5, 0.6) is 0 Å². The van der Waals surface area contributed by atoms with Crippen molar-refractivity contribution >= 4 is 11.6 Å². The number of benzene rings is 1. The van der Waals surface area contributed by atoms with Crippen molar-refractivity contribution in [1.29, 1.82) is 0 Å². The Balaban J connectivity index is 1.78. The predicted molar refractivity (Wildman–Crippen MR) is 69.0 cm³/mol. The van der Waals surface area contributed by atoms with E-state index in [0.717, 1.165) is 44.1 Å². The van der Waals surface area contributed by atoms with E-state index in [0.29, 0.717) is 0 Å². The second-order valence-electron chi connectivity index (χ2n) is 4.78. The number of rotatable bonds is 5. The van der Waals surface area contributed by atoms with Gasteiger partial charge in [0.05, 0.1) is 5.02 Å². The van der Waals surface area contributed by atoms with Crippen molar-refractivity contribution in [2.45, 2.75) is 6.42 Å². The molecule has 1 heterocycles. The first kappa shape index (κ1) is 12.8. The molecule has 1 aliphatic rings. The number of hydrogen-bond acceptors (Lipinski definition) is 2. The summed E-state index contributed by atoms with van der Waals surface area (Å²) in [5.74, 6) is 0.445. The molecule has 2 rings (SSSR count). The van der Waals surface area contributed by atoms with Gasteiger partial charge in [-0.2, -0.15) is 0 Å². The van der Waals surface area contributed by atoms with Crippen molar-refractivity contribution in [3.8, 4) is 0 Å². The van der Waals surface area contributed by atoms with E-state index in [4.69, 9.17) is 11.6 Å². The largest absolute Gasteiger partial charge is 0.316 e. The van der Waals surface area contributed by atoms with Crippen LogP contribution in [0.4, 0.5) is 4.39 Å². The third kappa shape index (κ3) is 3.66. The fraction of sp³-hybridized carbons (Fsp3) is 0.538. The monoisotopic (exact) mass is 256 g/mol. The second kappa shape index (κ2) is 5.80. The van der Waals surface area contributed by atoms with E-state index in [-0.39, 0.29) is 10.8 Å². The van der Waals surface area contributed by atoms with E-state index in [2.05, 4.69) is 17.3 Å².